The van der Waals surface area contributed by atoms with E-state index in [1.54, 1.807) is 11.3 Å². The third kappa shape index (κ3) is 5.81. The van der Waals surface area contributed by atoms with Gasteiger partial charge in [-0.05, 0) is 31.2 Å². The van der Waals surface area contributed by atoms with Crippen LogP contribution < -0.4 is 10.6 Å². The third-order valence-corrected chi connectivity index (χ3v) is 4.22. The largest absolute Gasteiger partial charge is 0.357 e. The van der Waals surface area contributed by atoms with Gasteiger partial charge in [-0.1, -0.05) is 11.6 Å². The van der Waals surface area contributed by atoms with E-state index in [1.165, 1.54) is 4.88 Å². The third-order valence-electron chi connectivity index (χ3n) is 2.93. The van der Waals surface area contributed by atoms with Gasteiger partial charge in [0, 0.05) is 49.9 Å². The van der Waals surface area contributed by atoms with Crippen LogP contribution in [0.1, 0.15) is 11.8 Å². The highest BCUT2D eigenvalue weighted by Crippen LogP contribution is 2.21. The number of nitrogens with zero attached hydrogens (tertiary/aromatic N) is 2. The van der Waals surface area contributed by atoms with Crippen LogP contribution in [0.5, 0.6) is 0 Å². The van der Waals surface area contributed by atoms with E-state index in [4.69, 9.17) is 11.6 Å². The van der Waals surface area contributed by atoms with E-state index in [0.717, 1.165) is 42.9 Å². The molecule has 2 rings (SSSR count). The lowest BCUT2D eigenvalue weighted by Crippen LogP contribution is -2.39. The van der Waals surface area contributed by atoms with Crippen molar-refractivity contribution in [2.75, 3.05) is 19.6 Å². The Morgan fingerprint density at radius 2 is 2.10 bits per heavy atom. The maximum Gasteiger partial charge on any atom is 0.191 e. The summed E-state index contributed by atoms with van der Waals surface area (Å²) in [7, 11) is 0. The number of guanidine groups is 1. The summed E-state index contributed by atoms with van der Waals surface area (Å²) in [6.07, 6.45) is 5.05. The number of aliphatic imine (C=N–C) groups is 1. The van der Waals surface area contributed by atoms with Gasteiger partial charge in [-0.2, -0.15) is 0 Å². The predicted octanol–water partition coefficient (Wildman–Crippen LogP) is 3.00. The Kier molecular flexibility index (Phi) is 6.63. The van der Waals surface area contributed by atoms with Crippen LogP contribution in [0.4, 0.5) is 0 Å². The molecule has 0 atom stereocenters. The molecule has 0 unspecified atom stereocenters. The lowest BCUT2D eigenvalue weighted by atomic mass is 10.3. The summed E-state index contributed by atoms with van der Waals surface area (Å²) in [5.41, 5.74) is 0. The Morgan fingerprint density at radius 1 is 1.29 bits per heavy atom. The highest BCUT2D eigenvalue weighted by Gasteiger charge is 1.99. The van der Waals surface area contributed by atoms with Crippen molar-refractivity contribution in [1.82, 2.24) is 15.2 Å². The average molecular weight is 325 g/mol. The first-order chi connectivity index (χ1) is 10.3. The molecule has 2 aromatic rings. The molecule has 6 heteroatoms. The number of nitrogens with one attached hydrogen (secondary N) is 2. The quantitative estimate of drug-likeness (QED) is 0.607. The van der Waals surface area contributed by atoms with Crippen molar-refractivity contribution < 1.29 is 0 Å². The molecule has 2 aromatic heterocycles. The van der Waals surface area contributed by atoms with Crippen molar-refractivity contribution in [3.8, 4) is 0 Å². The van der Waals surface area contributed by atoms with Crippen LogP contribution in [0, 0.1) is 0 Å². The Bertz CT molecular complexity index is 548. The van der Waals surface area contributed by atoms with Gasteiger partial charge in [-0.15, -0.1) is 11.3 Å². The second kappa shape index (κ2) is 8.74. The summed E-state index contributed by atoms with van der Waals surface area (Å²) in [5.74, 6) is 0.868. The van der Waals surface area contributed by atoms with Crippen molar-refractivity contribution in [2.45, 2.75) is 19.9 Å². The van der Waals surface area contributed by atoms with Gasteiger partial charge in [0.05, 0.1) is 4.34 Å². The van der Waals surface area contributed by atoms with Crippen LogP contribution >= 0.6 is 22.9 Å². The van der Waals surface area contributed by atoms with Crippen molar-refractivity contribution in [3.63, 3.8) is 0 Å². The summed E-state index contributed by atoms with van der Waals surface area (Å²) in [5, 5.41) is 6.61. The minimum absolute atomic E-state index is 0.760. The fourth-order valence-electron chi connectivity index (χ4n) is 1.93. The van der Waals surface area contributed by atoms with Gasteiger partial charge < -0.3 is 15.2 Å². The summed E-state index contributed by atoms with van der Waals surface area (Å²) in [6.45, 7) is 5.47. The van der Waals surface area contributed by atoms with E-state index < -0.39 is 0 Å². The zero-order valence-electron chi connectivity index (χ0n) is 12.2. The minimum Gasteiger partial charge on any atom is -0.357 e. The van der Waals surface area contributed by atoms with E-state index in [2.05, 4.69) is 45.6 Å². The molecular weight excluding hydrogens is 304 g/mol. The first-order valence-corrected chi connectivity index (χ1v) is 8.34. The monoisotopic (exact) mass is 324 g/mol. The zero-order valence-corrected chi connectivity index (χ0v) is 13.8. The molecule has 0 fully saturated rings. The second-order valence-corrected chi connectivity index (χ2v) is 6.36. The van der Waals surface area contributed by atoms with Crippen molar-refractivity contribution in [1.29, 1.82) is 0 Å². The topological polar surface area (TPSA) is 41.4 Å². The van der Waals surface area contributed by atoms with Crippen molar-refractivity contribution >= 4 is 28.9 Å². The Hall–Kier alpha value is -1.46. The Morgan fingerprint density at radius 3 is 2.76 bits per heavy atom. The van der Waals surface area contributed by atoms with Gasteiger partial charge in [-0.25, -0.2) is 0 Å². The maximum atomic E-state index is 5.92. The first kappa shape index (κ1) is 15.9. The van der Waals surface area contributed by atoms with Crippen LogP contribution in [0.25, 0.3) is 0 Å². The number of halogens is 1. The molecule has 0 aliphatic rings. The van der Waals surface area contributed by atoms with Crippen LogP contribution in [-0.4, -0.2) is 30.2 Å². The highest BCUT2D eigenvalue weighted by atomic mass is 35.5. The fraction of sp³-hybridized carbons (Fsp3) is 0.400. The van der Waals surface area contributed by atoms with Crippen LogP contribution in [-0.2, 0) is 13.0 Å². The van der Waals surface area contributed by atoms with E-state index in [1.807, 2.05) is 18.2 Å². The van der Waals surface area contributed by atoms with Gasteiger partial charge in [0.1, 0.15) is 0 Å². The maximum absolute atomic E-state index is 5.92. The molecule has 0 amide bonds. The second-order valence-electron chi connectivity index (χ2n) is 4.56. The van der Waals surface area contributed by atoms with E-state index in [0.29, 0.717) is 0 Å². The van der Waals surface area contributed by atoms with Gasteiger partial charge in [0.15, 0.2) is 5.96 Å². The molecule has 0 aliphatic carbocycles. The lowest BCUT2D eigenvalue weighted by Gasteiger charge is -2.11. The van der Waals surface area contributed by atoms with Crippen LogP contribution in [0.15, 0.2) is 41.7 Å². The molecule has 0 aromatic carbocycles. The molecule has 0 saturated carbocycles. The van der Waals surface area contributed by atoms with E-state index in [9.17, 15) is 0 Å². The number of rotatable bonds is 7. The summed E-state index contributed by atoms with van der Waals surface area (Å²) in [4.78, 5) is 5.86. The molecule has 2 N–H and O–H groups in total. The smallest absolute Gasteiger partial charge is 0.191 e. The van der Waals surface area contributed by atoms with Crippen molar-refractivity contribution in [2.24, 2.45) is 4.99 Å². The SMILES string of the molecule is CCNC(=NCCc1ccc(Cl)s1)NCCn1cccc1. The van der Waals surface area contributed by atoms with Crippen LogP contribution in [0.3, 0.4) is 0 Å². The molecule has 0 bridgehead atoms. The number of hydrogen-bond donors (Lipinski definition) is 2. The van der Waals surface area contributed by atoms with E-state index in [-0.39, 0.29) is 0 Å². The Balaban J connectivity index is 1.75. The molecule has 2 heterocycles. The van der Waals surface area contributed by atoms with Gasteiger partial charge in [0.2, 0.25) is 0 Å². The molecule has 0 spiro atoms. The van der Waals surface area contributed by atoms with Crippen LogP contribution in [0.2, 0.25) is 4.34 Å². The molecule has 0 radical (unpaired) electrons. The van der Waals surface area contributed by atoms with Crippen molar-refractivity contribution in [3.05, 3.63) is 45.9 Å². The standard InChI is InChI=1S/C15H21ClN4S/c1-2-17-15(19-9-12-20-10-3-4-11-20)18-8-7-13-5-6-14(16)21-13/h3-6,10-11H,2,7-9,12H2,1H3,(H2,17,18,19). The summed E-state index contributed by atoms with van der Waals surface area (Å²) >= 11 is 7.55. The average Bonchev–Trinajstić information content (AvgIpc) is 3.11. The summed E-state index contributed by atoms with van der Waals surface area (Å²) in [6, 6.07) is 8.07. The number of hydrogen-bond acceptors (Lipinski definition) is 2. The first-order valence-electron chi connectivity index (χ1n) is 7.15. The predicted molar refractivity (Wildman–Crippen MR) is 91.4 cm³/mol. The zero-order chi connectivity index (χ0) is 14.9. The fourth-order valence-corrected chi connectivity index (χ4v) is 3.00. The number of thiophene rings is 1. The molecule has 114 valence electrons. The molecule has 0 saturated heterocycles. The van der Waals surface area contributed by atoms with Gasteiger partial charge in [-0.3, -0.25) is 4.99 Å². The molecule has 21 heavy (non-hydrogen) atoms. The Labute approximate surface area is 134 Å². The molecular formula is C15H21ClN4S. The minimum atomic E-state index is 0.760. The normalized spacial score (nSPS) is 11.6. The molecule has 4 nitrogen and oxygen atoms in total. The van der Waals surface area contributed by atoms with Gasteiger partial charge >= 0.3 is 0 Å². The van der Waals surface area contributed by atoms with E-state index >= 15 is 0 Å². The summed E-state index contributed by atoms with van der Waals surface area (Å²) < 4.78 is 2.98. The number of aromatic nitrogens is 1. The molecule has 0 aliphatic heterocycles. The lowest BCUT2D eigenvalue weighted by molar-refractivity contribution is 0.666. The highest BCUT2D eigenvalue weighted by molar-refractivity contribution is 7.16. The van der Waals surface area contributed by atoms with Gasteiger partial charge in [0.25, 0.3) is 0 Å².